The first-order valence-electron chi connectivity index (χ1n) is 9.44. The van der Waals surface area contributed by atoms with Crippen molar-refractivity contribution >= 4 is 11.7 Å². The molecule has 0 radical (unpaired) electrons. The fourth-order valence-electron chi connectivity index (χ4n) is 3.49. The minimum atomic E-state index is -0.0372. The first-order chi connectivity index (χ1) is 12.2. The molecule has 1 amide bonds. The molecule has 1 aliphatic carbocycles. The molecule has 1 aromatic carbocycles. The van der Waals surface area contributed by atoms with Crippen LogP contribution in [0.25, 0.3) is 0 Å². The Kier molecular flexibility index (Phi) is 6.31. The molecule has 0 spiro atoms. The normalized spacial score (nSPS) is 18.1. The molecule has 1 saturated carbocycles. The predicted octanol–water partition coefficient (Wildman–Crippen LogP) is 3.65. The second kappa shape index (κ2) is 8.88. The van der Waals surface area contributed by atoms with Gasteiger partial charge in [0.15, 0.2) is 17.3 Å². The van der Waals surface area contributed by atoms with Gasteiger partial charge in [-0.15, -0.1) is 0 Å². The van der Waals surface area contributed by atoms with E-state index in [4.69, 9.17) is 9.47 Å². The summed E-state index contributed by atoms with van der Waals surface area (Å²) in [5, 5.41) is 3.11. The fraction of sp³-hybridized carbons (Fsp3) is 0.600. The maximum absolute atomic E-state index is 12.4. The van der Waals surface area contributed by atoms with Crippen LogP contribution < -0.4 is 14.8 Å². The van der Waals surface area contributed by atoms with Gasteiger partial charge >= 0.3 is 0 Å². The highest BCUT2D eigenvalue weighted by Crippen LogP contribution is 2.31. The lowest BCUT2D eigenvalue weighted by Gasteiger charge is -2.21. The summed E-state index contributed by atoms with van der Waals surface area (Å²) in [6, 6.07) is 5.49. The Labute approximate surface area is 149 Å². The second-order valence-electron chi connectivity index (χ2n) is 6.89. The number of benzene rings is 1. The van der Waals surface area contributed by atoms with Crippen molar-refractivity contribution in [3.63, 3.8) is 0 Å². The molecular formula is C20H27NO4. The van der Waals surface area contributed by atoms with Crippen LogP contribution in [-0.2, 0) is 4.79 Å². The average molecular weight is 345 g/mol. The van der Waals surface area contributed by atoms with Gasteiger partial charge in [0.1, 0.15) is 13.2 Å². The number of hydrogen-bond donors (Lipinski definition) is 1. The third-order valence-corrected chi connectivity index (χ3v) is 4.91. The Hall–Kier alpha value is -2.04. The van der Waals surface area contributed by atoms with E-state index >= 15 is 0 Å². The summed E-state index contributed by atoms with van der Waals surface area (Å²) in [5.41, 5.74) is 0.572. The van der Waals surface area contributed by atoms with Crippen molar-refractivity contribution in [1.82, 2.24) is 5.32 Å². The van der Waals surface area contributed by atoms with Gasteiger partial charge in [-0.25, -0.2) is 0 Å². The van der Waals surface area contributed by atoms with Gasteiger partial charge in [0.2, 0.25) is 5.91 Å². The number of ether oxygens (including phenoxy) is 2. The molecule has 0 atom stereocenters. The van der Waals surface area contributed by atoms with Gasteiger partial charge in [0, 0.05) is 24.4 Å². The minimum absolute atomic E-state index is 0.0172. The smallest absolute Gasteiger partial charge is 0.220 e. The summed E-state index contributed by atoms with van der Waals surface area (Å²) in [7, 11) is 0. The highest BCUT2D eigenvalue weighted by atomic mass is 16.6. The lowest BCUT2D eigenvalue weighted by Crippen LogP contribution is -2.35. The van der Waals surface area contributed by atoms with E-state index in [-0.39, 0.29) is 30.6 Å². The Morgan fingerprint density at radius 1 is 0.920 bits per heavy atom. The Morgan fingerprint density at radius 3 is 2.36 bits per heavy atom. The van der Waals surface area contributed by atoms with Crippen molar-refractivity contribution in [3.8, 4) is 11.5 Å². The highest BCUT2D eigenvalue weighted by Gasteiger charge is 2.17. The molecule has 25 heavy (non-hydrogen) atoms. The molecule has 0 aromatic heterocycles. The first kappa shape index (κ1) is 17.8. The maximum Gasteiger partial charge on any atom is 0.220 e. The largest absolute Gasteiger partial charge is 0.486 e. The van der Waals surface area contributed by atoms with Crippen molar-refractivity contribution < 1.29 is 19.1 Å². The van der Waals surface area contributed by atoms with Crippen LogP contribution in [0.2, 0.25) is 0 Å². The van der Waals surface area contributed by atoms with Gasteiger partial charge in [-0.2, -0.15) is 0 Å². The third-order valence-electron chi connectivity index (χ3n) is 4.91. The summed E-state index contributed by atoms with van der Waals surface area (Å²) < 4.78 is 11.0. The molecule has 0 saturated heterocycles. The molecule has 3 rings (SSSR count). The number of carbonyl (C=O) groups is 2. The molecule has 5 nitrogen and oxygen atoms in total. The van der Waals surface area contributed by atoms with Gasteiger partial charge in [-0.05, 0) is 31.0 Å². The van der Waals surface area contributed by atoms with E-state index in [9.17, 15) is 9.59 Å². The first-order valence-corrected chi connectivity index (χ1v) is 9.44. The molecular weight excluding hydrogens is 318 g/mol. The zero-order valence-electron chi connectivity index (χ0n) is 14.7. The Morgan fingerprint density at radius 2 is 1.60 bits per heavy atom. The minimum Gasteiger partial charge on any atom is -0.486 e. The van der Waals surface area contributed by atoms with E-state index < -0.39 is 0 Å². The van der Waals surface area contributed by atoms with Crippen molar-refractivity contribution in [2.24, 2.45) is 0 Å². The van der Waals surface area contributed by atoms with E-state index in [0.29, 0.717) is 30.3 Å². The third kappa shape index (κ3) is 5.21. The number of nitrogens with one attached hydrogen (secondary N) is 1. The standard InChI is InChI=1S/C20H27NO4/c22-17(15-8-10-18-19(14-15)25-13-12-24-18)9-11-20(23)21-16-6-4-2-1-3-5-7-16/h8,10,14,16H,1-7,9,11-13H2,(H,21,23). The van der Waals surface area contributed by atoms with Crippen LogP contribution >= 0.6 is 0 Å². The quantitative estimate of drug-likeness (QED) is 0.827. The van der Waals surface area contributed by atoms with Crippen LogP contribution in [0.1, 0.15) is 68.1 Å². The maximum atomic E-state index is 12.4. The summed E-state index contributed by atoms with van der Waals surface area (Å²) in [6.07, 6.45) is 8.77. The lowest BCUT2D eigenvalue weighted by molar-refractivity contribution is -0.121. The molecule has 136 valence electrons. The topological polar surface area (TPSA) is 64.6 Å². The molecule has 1 fully saturated rings. The Balaban J connectivity index is 1.47. The van der Waals surface area contributed by atoms with Crippen LogP contribution in [0.15, 0.2) is 18.2 Å². The average Bonchev–Trinajstić information content (AvgIpc) is 2.61. The van der Waals surface area contributed by atoms with E-state index in [1.54, 1.807) is 18.2 Å². The van der Waals surface area contributed by atoms with Gasteiger partial charge < -0.3 is 14.8 Å². The molecule has 1 heterocycles. The monoisotopic (exact) mass is 345 g/mol. The van der Waals surface area contributed by atoms with Gasteiger partial charge in [0.25, 0.3) is 0 Å². The van der Waals surface area contributed by atoms with Gasteiger partial charge in [0.05, 0.1) is 0 Å². The van der Waals surface area contributed by atoms with Crippen LogP contribution in [0, 0.1) is 0 Å². The van der Waals surface area contributed by atoms with Crippen molar-refractivity contribution in [2.45, 2.75) is 63.8 Å². The van der Waals surface area contributed by atoms with Crippen molar-refractivity contribution in [3.05, 3.63) is 23.8 Å². The Bertz CT molecular complexity index is 606. The van der Waals surface area contributed by atoms with Gasteiger partial charge in [-0.1, -0.05) is 32.1 Å². The van der Waals surface area contributed by atoms with E-state index in [0.717, 1.165) is 12.8 Å². The summed E-state index contributed by atoms with van der Waals surface area (Å²) in [6.45, 7) is 1.02. The zero-order valence-corrected chi connectivity index (χ0v) is 14.7. The number of hydrogen-bond acceptors (Lipinski definition) is 4. The lowest BCUT2D eigenvalue weighted by atomic mass is 9.96. The van der Waals surface area contributed by atoms with Crippen LogP contribution in [0.3, 0.4) is 0 Å². The van der Waals surface area contributed by atoms with Crippen LogP contribution in [0.5, 0.6) is 11.5 Å². The van der Waals surface area contributed by atoms with Gasteiger partial charge in [-0.3, -0.25) is 9.59 Å². The van der Waals surface area contributed by atoms with E-state index in [2.05, 4.69) is 5.32 Å². The van der Waals surface area contributed by atoms with E-state index in [1.807, 2.05) is 0 Å². The van der Waals surface area contributed by atoms with Crippen LogP contribution in [-0.4, -0.2) is 30.9 Å². The van der Waals surface area contributed by atoms with Crippen LogP contribution in [0.4, 0.5) is 0 Å². The molecule has 2 aliphatic rings. The fourth-order valence-corrected chi connectivity index (χ4v) is 3.49. The molecule has 1 N–H and O–H groups in total. The van der Waals surface area contributed by atoms with Crippen molar-refractivity contribution in [2.75, 3.05) is 13.2 Å². The molecule has 0 bridgehead atoms. The second-order valence-corrected chi connectivity index (χ2v) is 6.89. The number of rotatable bonds is 5. The van der Waals surface area contributed by atoms with Crippen molar-refractivity contribution in [1.29, 1.82) is 0 Å². The molecule has 5 heteroatoms. The molecule has 1 aromatic rings. The summed E-state index contributed by atoms with van der Waals surface area (Å²) >= 11 is 0. The molecule has 1 aliphatic heterocycles. The summed E-state index contributed by atoms with van der Waals surface area (Å²) in [4.78, 5) is 24.5. The summed E-state index contributed by atoms with van der Waals surface area (Å²) in [5.74, 6) is 1.22. The SMILES string of the molecule is O=C(CCC(=O)c1ccc2c(c1)OCCO2)NC1CCCCCCC1. The number of carbonyl (C=O) groups excluding carboxylic acids is 2. The molecule has 0 unspecified atom stereocenters. The number of amides is 1. The highest BCUT2D eigenvalue weighted by molar-refractivity contribution is 5.98. The number of ketones is 1. The predicted molar refractivity (Wildman–Crippen MR) is 95.2 cm³/mol. The zero-order chi connectivity index (χ0) is 17.5. The number of fused-ring (bicyclic) bond motifs is 1. The number of Topliss-reactive ketones (excluding diaryl/α,β-unsaturated/α-hetero) is 1. The van der Waals surface area contributed by atoms with E-state index in [1.165, 1.54) is 32.1 Å².